The predicted octanol–water partition coefficient (Wildman–Crippen LogP) is 3.18. The molecule has 2 rings (SSSR count). The van der Waals surface area contributed by atoms with Crippen molar-refractivity contribution in [1.29, 1.82) is 0 Å². The Hall–Kier alpha value is -1.18. The molecular weight excluding hydrogens is 352 g/mol. The second kappa shape index (κ2) is 5.44. The van der Waals surface area contributed by atoms with Crippen molar-refractivity contribution in [1.82, 2.24) is 0 Å². The lowest BCUT2D eigenvalue weighted by Gasteiger charge is -2.06. The number of hydrogen-bond acceptors (Lipinski definition) is 4. The molecule has 0 aliphatic rings. The Morgan fingerprint density at radius 1 is 1.32 bits per heavy atom. The monoisotopic (exact) mass is 360 g/mol. The molecule has 0 unspecified atom stereocenters. The Bertz CT molecular complexity index is 705. The minimum Gasteiger partial charge on any atom is -0.478 e. The van der Waals surface area contributed by atoms with E-state index in [2.05, 4.69) is 15.9 Å². The molecule has 7 heteroatoms. The summed E-state index contributed by atoms with van der Waals surface area (Å²) in [6, 6.07) is 7.55. The Balaban J connectivity index is 2.32. The number of hydrogen-bond donors (Lipinski definition) is 1. The molecule has 1 heterocycles. The number of carboxylic acids is 1. The number of aromatic carboxylic acids is 1. The molecule has 0 spiro atoms. The molecular formula is C12H9BrO4S2. The van der Waals surface area contributed by atoms with Gasteiger partial charge in [-0.1, -0.05) is 28.1 Å². The van der Waals surface area contributed by atoms with E-state index in [1.165, 1.54) is 29.5 Å². The van der Waals surface area contributed by atoms with Crippen LogP contribution in [0.3, 0.4) is 0 Å². The van der Waals surface area contributed by atoms with Crippen LogP contribution >= 0.6 is 27.3 Å². The lowest BCUT2D eigenvalue weighted by molar-refractivity contribution is 0.0697. The van der Waals surface area contributed by atoms with E-state index >= 15 is 0 Å². The zero-order valence-electron chi connectivity index (χ0n) is 9.54. The molecule has 0 bridgehead atoms. The number of carboxylic acid groups (broad SMARTS) is 1. The van der Waals surface area contributed by atoms with Gasteiger partial charge in [0.25, 0.3) is 0 Å². The number of thiophene rings is 1. The van der Waals surface area contributed by atoms with E-state index < -0.39 is 15.8 Å². The molecule has 1 aromatic heterocycles. The first-order valence-electron chi connectivity index (χ1n) is 5.18. The molecule has 19 heavy (non-hydrogen) atoms. The van der Waals surface area contributed by atoms with Gasteiger partial charge < -0.3 is 5.11 Å². The topological polar surface area (TPSA) is 71.4 Å². The highest BCUT2D eigenvalue weighted by Crippen LogP contribution is 2.26. The van der Waals surface area contributed by atoms with E-state index in [1.54, 1.807) is 17.5 Å². The maximum absolute atomic E-state index is 12.1. The zero-order chi connectivity index (χ0) is 14.0. The Morgan fingerprint density at radius 3 is 2.58 bits per heavy atom. The first-order chi connectivity index (χ1) is 8.90. The molecule has 0 saturated heterocycles. The van der Waals surface area contributed by atoms with Gasteiger partial charge in [-0.15, -0.1) is 11.3 Å². The highest BCUT2D eigenvalue weighted by Gasteiger charge is 2.18. The quantitative estimate of drug-likeness (QED) is 0.908. The Labute approximate surface area is 122 Å². The minimum atomic E-state index is -3.38. The van der Waals surface area contributed by atoms with Gasteiger partial charge in [-0.25, -0.2) is 13.2 Å². The van der Waals surface area contributed by atoms with Crippen molar-refractivity contribution in [3.8, 4) is 0 Å². The fourth-order valence-corrected chi connectivity index (χ4v) is 4.69. The number of benzene rings is 1. The van der Waals surface area contributed by atoms with Crippen LogP contribution in [0.25, 0.3) is 0 Å². The Kier molecular flexibility index (Phi) is 4.07. The van der Waals surface area contributed by atoms with Crippen LogP contribution in [-0.2, 0) is 15.6 Å². The zero-order valence-corrected chi connectivity index (χ0v) is 12.8. The van der Waals surface area contributed by atoms with Crippen LogP contribution in [0.15, 0.2) is 44.4 Å². The highest BCUT2D eigenvalue weighted by atomic mass is 79.9. The average molecular weight is 361 g/mol. The molecule has 0 amide bonds. The van der Waals surface area contributed by atoms with E-state index in [1.807, 2.05) is 0 Å². The van der Waals surface area contributed by atoms with Crippen LogP contribution in [0.2, 0.25) is 0 Å². The van der Waals surface area contributed by atoms with Crippen molar-refractivity contribution in [3.63, 3.8) is 0 Å². The smallest absolute Gasteiger partial charge is 0.335 e. The molecule has 1 aromatic carbocycles. The summed E-state index contributed by atoms with van der Waals surface area (Å²) in [5.74, 6) is -1.21. The molecule has 4 nitrogen and oxygen atoms in total. The van der Waals surface area contributed by atoms with Gasteiger partial charge in [0, 0.05) is 4.47 Å². The first kappa shape index (κ1) is 14.2. The van der Waals surface area contributed by atoms with Crippen molar-refractivity contribution in [2.24, 2.45) is 0 Å². The molecule has 0 fully saturated rings. The summed E-state index contributed by atoms with van der Waals surface area (Å²) in [7, 11) is -3.38. The normalized spacial score (nSPS) is 11.4. The largest absolute Gasteiger partial charge is 0.478 e. The number of halogens is 1. The van der Waals surface area contributed by atoms with E-state index in [9.17, 15) is 13.2 Å². The summed E-state index contributed by atoms with van der Waals surface area (Å²) in [4.78, 5) is 10.8. The van der Waals surface area contributed by atoms with Gasteiger partial charge in [-0.3, -0.25) is 0 Å². The third-order valence-corrected chi connectivity index (χ3v) is 6.34. The molecule has 1 N–H and O–H groups in total. The van der Waals surface area contributed by atoms with E-state index in [0.717, 1.165) is 0 Å². The molecule has 2 aromatic rings. The third-order valence-electron chi connectivity index (χ3n) is 2.45. The molecule has 0 saturated carbocycles. The lowest BCUT2D eigenvalue weighted by atomic mass is 10.1. The fourth-order valence-electron chi connectivity index (χ4n) is 1.51. The van der Waals surface area contributed by atoms with Crippen molar-refractivity contribution in [2.75, 3.05) is 0 Å². The summed E-state index contributed by atoms with van der Waals surface area (Å²) >= 11 is 4.37. The average Bonchev–Trinajstić information content (AvgIpc) is 2.85. The maximum Gasteiger partial charge on any atom is 0.335 e. The second-order valence-electron chi connectivity index (χ2n) is 3.80. The summed E-state index contributed by atoms with van der Waals surface area (Å²) in [6.07, 6.45) is 0. The van der Waals surface area contributed by atoms with Gasteiger partial charge >= 0.3 is 5.97 Å². The van der Waals surface area contributed by atoms with Crippen molar-refractivity contribution >= 4 is 43.1 Å². The summed E-state index contributed by atoms with van der Waals surface area (Å²) < 4.78 is 25.0. The van der Waals surface area contributed by atoms with Gasteiger partial charge in [0.15, 0.2) is 9.84 Å². The third kappa shape index (κ3) is 3.23. The van der Waals surface area contributed by atoms with Crippen LogP contribution in [0.4, 0.5) is 0 Å². The van der Waals surface area contributed by atoms with Gasteiger partial charge in [0.1, 0.15) is 4.21 Å². The van der Waals surface area contributed by atoms with Gasteiger partial charge in [0.05, 0.1) is 11.3 Å². The second-order valence-corrected chi connectivity index (χ2v) is 7.82. The van der Waals surface area contributed by atoms with Crippen LogP contribution in [0.5, 0.6) is 0 Å². The van der Waals surface area contributed by atoms with Gasteiger partial charge in [-0.05, 0) is 29.1 Å². The fraction of sp³-hybridized carbons (Fsp3) is 0.0833. The number of rotatable bonds is 4. The SMILES string of the molecule is O=C(O)c1ccc(CS(=O)(=O)c2cccs2)c(Br)c1. The van der Waals surface area contributed by atoms with Crippen LogP contribution in [0.1, 0.15) is 15.9 Å². The van der Waals surface area contributed by atoms with Crippen molar-refractivity contribution in [2.45, 2.75) is 9.96 Å². The first-order valence-corrected chi connectivity index (χ1v) is 8.50. The van der Waals surface area contributed by atoms with Crippen molar-refractivity contribution < 1.29 is 18.3 Å². The van der Waals surface area contributed by atoms with Crippen molar-refractivity contribution in [3.05, 3.63) is 51.3 Å². The minimum absolute atomic E-state index is 0.115. The van der Waals surface area contributed by atoms with E-state index in [0.29, 0.717) is 14.2 Å². The highest BCUT2D eigenvalue weighted by molar-refractivity contribution is 9.10. The van der Waals surface area contributed by atoms with Crippen LogP contribution in [-0.4, -0.2) is 19.5 Å². The summed E-state index contributed by atoms with van der Waals surface area (Å²) in [5.41, 5.74) is 0.655. The van der Waals surface area contributed by atoms with E-state index in [4.69, 9.17) is 5.11 Å². The maximum atomic E-state index is 12.1. The molecule has 0 aliphatic heterocycles. The Morgan fingerprint density at radius 2 is 2.05 bits per heavy atom. The molecule has 0 atom stereocenters. The van der Waals surface area contributed by atoms with Gasteiger partial charge in [0.2, 0.25) is 0 Å². The summed E-state index contributed by atoms with van der Waals surface area (Å²) in [5, 5.41) is 10.5. The molecule has 100 valence electrons. The number of carbonyl (C=O) groups is 1. The molecule has 0 aliphatic carbocycles. The molecule has 0 radical (unpaired) electrons. The number of sulfone groups is 1. The summed E-state index contributed by atoms with van der Waals surface area (Å²) in [6.45, 7) is 0. The lowest BCUT2D eigenvalue weighted by Crippen LogP contribution is -2.05. The van der Waals surface area contributed by atoms with Crippen LogP contribution < -0.4 is 0 Å². The predicted molar refractivity (Wildman–Crippen MR) is 76.3 cm³/mol. The van der Waals surface area contributed by atoms with E-state index in [-0.39, 0.29) is 11.3 Å². The van der Waals surface area contributed by atoms with Gasteiger partial charge in [-0.2, -0.15) is 0 Å². The van der Waals surface area contributed by atoms with Crippen LogP contribution in [0, 0.1) is 0 Å². The standard InChI is InChI=1S/C12H9BrO4S2/c13-10-6-8(12(14)15)3-4-9(10)7-19(16,17)11-2-1-5-18-11/h1-6H,7H2,(H,14,15).